The van der Waals surface area contributed by atoms with Crippen LogP contribution in [-0.2, 0) is 4.74 Å². The van der Waals surface area contributed by atoms with E-state index in [2.05, 4.69) is 33.9 Å². The van der Waals surface area contributed by atoms with E-state index in [0.717, 1.165) is 18.8 Å². The Morgan fingerprint density at radius 1 is 0.706 bits per heavy atom. The molecule has 1 aliphatic rings. The Kier molecular flexibility index (Phi) is 18.3. The third kappa shape index (κ3) is 14.5. The molecule has 34 heavy (non-hydrogen) atoms. The largest absolute Gasteiger partial charge is 1.00 e. The van der Waals surface area contributed by atoms with Gasteiger partial charge in [0, 0.05) is 24.3 Å². The molecular weight excluding hydrogens is 411 g/mol. The molecule has 0 bridgehead atoms. The second-order valence-electron chi connectivity index (χ2n) is 7.96. The Labute approximate surface area is 218 Å². The van der Waals surface area contributed by atoms with Gasteiger partial charge in [-0.2, -0.15) is 20.8 Å². The van der Waals surface area contributed by atoms with Gasteiger partial charge in [0.05, 0.1) is 0 Å². The fourth-order valence-corrected chi connectivity index (χ4v) is 2.63. The third-order valence-corrected chi connectivity index (χ3v) is 4.31. The van der Waals surface area contributed by atoms with Crippen molar-refractivity contribution in [2.24, 2.45) is 0 Å². The zero-order chi connectivity index (χ0) is 24.3. The summed E-state index contributed by atoms with van der Waals surface area (Å²) in [6.07, 6.45) is 6.15. The molecule has 0 saturated carbocycles. The van der Waals surface area contributed by atoms with E-state index >= 15 is 0 Å². The number of carbonyl (C=O) groups excluding carboxylic acids is 1. The van der Waals surface area contributed by atoms with Gasteiger partial charge in [-0.3, -0.25) is 4.79 Å². The Bertz CT molecular complexity index is 902. The summed E-state index contributed by atoms with van der Waals surface area (Å²) in [5.74, 6) is 1.47. The zero-order valence-electron chi connectivity index (χ0n) is 21.3. The molecule has 0 spiro atoms. The fraction of sp³-hybridized carbons (Fsp3) is 0.226. The van der Waals surface area contributed by atoms with E-state index in [4.69, 9.17) is 4.74 Å². The minimum absolute atomic E-state index is 0. The summed E-state index contributed by atoms with van der Waals surface area (Å²) in [5.41, 5.74) is 3.61. The molecule has 0 aliphatic carbocycles. The summed E-state index contributed by atoms with van der Waals surface area (Å²) in [4.78, 5) is 12.0. The number of hydrogen-bond donors (Lipinski definition) is 0. The van der Waals surface area contributed by atoms with Gasteiger partial charge in [-0.05, 0) is 24.0 Å². The number of ether oxygens (including phenoxy) is 1. The van der Waals surface area contributed by atoms with Gasteiger partial charge in [-0.1, -0.05) is 110 Å². The first kappa shape index (κ1) is 31.4. The number of ketones is 1. The maximum Gasteiger partial charge on any atom is 1.00 e. The monoisotopic (exact) mass is 448 g/mol. The molecule has 1 heterocycles. The van der Waals surface area contributed by atoms with Gasteiger partial charge in [0.25, 0.3) is 0 Å². The first-order valence-electron chi connectivity index (χ1n) is 11.3. The summed E-state index contributed by atoms with van der Waals surface area (Å²) in [6.45, 7) is 15.6. The Balaban J connectivity index is 0.000000503. The first-order valence-corrected chi connectivity index (χ1v) is 11.3. The van der Waals surface area contributed by atoms with Crippen molar-refractivity contribution >= 4 is 17.9 Å². The van der Waals surface area contributed by atoms with Gasteiger partial charge in [-0.15, -0.1) is 0 Å². The molecule has 2 nitrogen and oxygen atoms in total. The van der Waals surface area contributed by atoms with Crippen LogP contribution in [0.25, 0.3) is 12.2 Å². The van der Waals surface area contributed by atoms with Crippen molar-refractivity contribution in [3.8, 4) is 0 Å². The van der Waals surface area contributed by atoms with Crippen LogP contribution in [0.5, 0.6) is 0 Å². The van der Waals surface area contributed by atoms with Crippen molar-refractivity contribution in [2.45, 2.75) is 33.6 Å². The molecule has 0 aromatic heterocycles. The van der Waals surface area contributed by atoms with Gasteiger partial charge in [0.2, 0.25) is 0 Å². The first-order chi connectivity index (χ1) is 16.0. The van der Waals surface area contributed by atoms with Gasteiger partial charge in [0.15, 0.2) is 5.78 Å². The summed E-state index contributed by atoms with van der Waals surface area (Å²) in [6, 6.07) is 26.7. The zero-order valence-corrected chi connectivity index (χ0v) is 21.3. The molecule has 0 radical (unpaired) electrons. The van der Waals surface area contributed by atoms with E-state index in [1.807, 2.05) is 91.0 Å². The van der Waals surface area contributed by atoms with E-state index in [1.54, 1.807) is 6.08 Å². The smallest absolute Gasteiger partial charge is 0.381 e. The Morgan fingerprint density at radius 3 is 1.44 bits per heavy atom. The van der Waals surface area contributed by atoms with E-state index < -0.39 is 0 Å². The second-order valence-corrected chi connectivity index (χ2v) is 7.96. The average molecular weight is 449 g/mol. The SMILES string of the molecule is C1CCOC1.C=Cc1ccc(C(=O)c2ccccc2)cc1.C=Cc1ccccc1.C[C-](C)C.[Li+]. The van der Waals surface area contributed by atoms with Gasteiger partial charge < -0.3 is 10.7 Å². The minimum atomic E-state index is 0. The van der Waals surface area contributed by atoms with Crippen molar-refractivity contribution in [3.05, 3.63) is 126 Å². The van der Waals surface area contributed by atoms with Crippen LogP contribution in [0.1, 0.15) is 60.7 Å². The summed E-state index contributed by atoms with van der Waals surface area (Å²) in [5, 5.41) is 0. The molecule has 3 aromatic carbocycles. The maximum absolute atomic E-state index is 12.0. The molecule has 0 unspecified atom stereocenters. The van der Waals surface area contributed by atoms with Crippen LogP contribution in [0.3, 0.4) is 0 Å². The van der Waals surface area contributed by atoms with Crippen LogP contribution in [0.4, 0.5) is 0 Å². The van der Waals surface area contributed by atoms with Crippen LogP contribution >= 0.6 is 0 Å². The second kappa shape index (κ2) is 19.8. The van der Waals surface area contributed by atoms with Crippen LogP contribution in [0.2, 0.25) is 0 Å². The van der Waals surface area contributed by atoms with E-state index in [0.29, 0.717) is 11.1 Å². The topological polar surface area (TPSA) is 26.3 Å². The van der Waals surface area contributed by atoms with Gasteiger partial charge in [0.1, 0.15) is 0 Å². The molecule has 0 atom stereocenters. The number of carbonyl (C=O) groups is 1. The average Bonchev–Trinajstić information content (AvgIpc) is 3.45. The summed E-state index contributed by atoms with van der Waals surface area (Å²) in [7, 11) is 0. The predicted molar refractivity (Wildman–Crippen MR) is 143 cm³/mol. The van der Waals surface area contributed by atoms with E-state index in [-0.39, 0.29) is 24.6 Å². The number of hydrogen-bond acceptors (Lipinski definition) is 2. The van der Waals surface area contributed by atoms with Crippen molar-refractivity contribution in [1.82, 2.24) is 0 Å². The Hall–Kier alpha value is -2.63. The van der Waals surface area contributed by atoms with E-state index in [9.17, 15) is 4.79 Å². The molecule has 174 valence electrons. The molecule has 0 amide bonds. The summed E-state index contributed by atoms with van der Waals surface area (Å²) < 4.78 is 4.94. The van der Waals surface area contributed by atoms with Crippen LogP contribution < -0.4 is 18.9 Å². The molecule has 0 N–H and O–H groups in total. The standard InChI is InChI=1S/C15H12O.C8H8.C4H8O.C4H9.Li/c1-2-12-8-10-14(11-9-12)15(16)13-6-4-3-5-7-13;1-2-8-6-4-3-5-7-8;1-2-4-5-3-1;1-4(2)3;/h2-11H,1H2;2-7H,1H2;1-4H2;1-3H3;/q;;;-1;+1. The number of benzene rings is 3. The number of rotatable bonds is 4. The minimum Gasteiger partial charge on any atom is -0.381 e. The Morgan fingerprint density at radius 2 is 1.09 bits per heavy atom. The fourth-order valence-electron chi connectivity index (χ4n) is 2.63. The molecule has 4 rings (SSSR count). The van der Waals surface area contributed by atoms with Crippen molar-refractivity contribution < 1.29 is 28.4 Å². The van der Waals surface area contributed by atoms with Crippen molar-refractivity contribution in [2.75, 3.05) is 13.2 Å². The molecule has 3 aromatic rings. The predicted octanol–water partition coefficient (Wildman–Crippen LogP) is 5.31. The maximum atomic E-state index is 12.0. The summed E-state index contributed by atoms with van der Waals surface area (Å²) >= 11 is 0. The van der Waals surface area contributed by atoms with Crippen molar-refractivity contribution in [3.63, 3.8) is 0 Å². The third-order valence-electron chi connectivity index (χ3n) is 4.31. The normalized spacial score (nSPS) is 11.2. The van der Waals surface area contributed by atoms with Crippen LogP contribution in [0, 0.1) is 5.92 Å². The van der Waals surface area contributed by atoms with E-state index in [1.165, 1.54) is 24.3 Å². The van der Waals surface area contributed by atoms with Crippen LogP contribution in [-0.4, -0.2) is 19.0 Å². The molecule has 1 saturated heterocycles. The van der Waals surface area contributed by atoms with Crippen LogP contribution in [0.15, 0.2) is 98.1 Å². The molecular formula is C31H37LiO2. The molecule has 1 fully saturated rings. The quantitative estimate of drug-likeness (QED) is 0.307. The van der Waals surface area contributed by atoms with Gasteiger partial charge in [-0.25, -0.2) is 0 Å². The molecule has 3 heteroatoms. The van der Waals surface area contributed by atoms with Crippen molar-refractivity contribution in [1.29, 1.82) is 0 Å². The van der Waals surface area contributed by atoms with Gasteiger partial charge >= 0.3 is 18.9 Å². The molecule has 1 aliphatic heterocycles.